The zero-order chi connectivity index (χ0) is 23.5. The van der Waals surface area contributed by atoms with Gasteiger partial charge in [-0.25, -0.2) is 9.67 Å². The average molecular weight is 505 g/mol. The Kier molecular flexibility index (Phi) is 6.60. The van der Waals surface area contributed by atoms with Crippen molar-refractivity contribution in [3.05, 3.63) is 88.2 Å². The van der Waals surface area contributed by atoms with Crippen LogP contribution in [0.2, 0.25) is 0 Å². The summed E-state index contributed by atoms with van der Waals surface area (Å²) in [6.07, 6.45) is 0. The molecule has 0 spiro atoms. The van der Waals surface area contributed by atoms with Gasteiger partial charge in [0.15, 0.2) is 5.82 Å². The third kappa shape index (κ3) is 4.98. The van der Waals surface area contributed by atoms with E-state index in [9.17, 15) is 4.79 Å². The van der Waals surface area contributed by atoms with Crippen LogP contribution in [0.1, 0.15) is 41.5 Å². The van der Waals surface area contributed by atoms with Gasteiger partial charge in [-0.3, -0.25) is 4.79 Å². The zero-order valence-electron chi connectivity index (χ0n) is 19.0. The van der Waals surface area contributed by atoms with Crippen LogP contribution in [-0.4, -0.2) is 27.8 Å². The van der Waals surface area contributed by atoms with E-state index in [0.717, 1.165) is 38.3 Å². The highest BCUT2D eigenvalue weighted by molar-refractivity contribution is 9.10. The van der Waals surface area contributed by atoms with Crippen molar-refractivity contribution in [3.8, 4) is 22.8 Å². The fraction of sp³-hybridized carbons (Fsp3) is 0.192. The largest absolute Gasteiger partial charge is 0.497 e. The van der Waals surface area contributed by atoms with Gasteiger partial charge in [-0.05, 0) is 66.9 Å². The molecule has 0 fully saturated rings. The van der Waals surface area contributed by atoms with Crippen LogP contribution < -0.4 is 10.1 Å². The number of anilines is 1. The molecule has 0 atom stereocenters. The summed E-state index contributed by atoms with van der Waals surface area (Å²) in [5, 5.41) is 7.56. The average Bonchev–Trinajstić information content (AvgIpc) is 3.26. The number of nitrogens with one attached hydrogen (secondary N) is 1. The van der Waals surface area contributed by atoms with Crippen LogP contribution in [0.5, 0.6) is 5.75 Å². The normalized spacial score (nSPS) is 11.0. The fourth-order valence-electron chi connectivity index (χ4n) is 3.59. The predicted octanol–water partition coefficient (Wildman–Crippen LogP) is 6.39. The second kappa shape index (κ2) is 9.58. The number of benzene rings is 3. The van der Waals surface area contributed by atoms with Crippen LogP contribution in [0.25, 0.3) is 17.1 Å². The lowest BCUT2D eigenvalue weighted by molar-refractivity contribution is 0.101. The van der Waals surface area contributed by atoms with E-state index in [1.807, 2.05) is 73.7 Å². The summed E-state index contributed by atoms with van der Waals surface area (Å²) in [6.45, 7) is 6.19. The highest BCUT2D eigenvalue weighted by Crippen LogP contribution is 2.29. The van der Waals surface area contributed by atoms with Gasteiger partial charge in [0.2, 0.25) is 5.82 Å². The molecule has 0 unspecified atom stereocenters. The molecule has 0 saturated carbocycles. The van der Waals surface area contributed by atoms with E-state index in [1.54, 1.807) is 11.8 Å². The van der Waals surface area contributed by atoms with Crippen LogP contribution in [0.3, 0.4) is 0 Å². The van der Waals surface area contributed by atoms with Crippen molar-refractivity contribution in [2.24, 2.45) is 0 Å². The summed E-state index contributed by atoms with van der Waals surface area (Å²) < 4.78 is 7.93. The number of carbonyl (C=O) groups is 1. The molecule has 7 heteroatoms. The lowest BCUT2D eigenvalue weighted by atomic mass is 10.0. The van der Waals surface area contributed by atoms with Crippen molar-refractivity contribution in [2.45, 2.75) is 26.7 Å². The molecule has 1 aromatic heterocycles. The Balaban J connectivity index is 1.76. The van der Waals surface area contributed by atoms with Crippen molar-refractivity contribution in [1.82, 2.24) is 14.8 Å². The van der Waals surface area contributed by atoms with Crippen LogP contribution in [-0.2, 0) is 0 Å². The Hall–Kier alpha value is -3.45. The minimum Gasteiger partial charge on any atom is -0.497 e. The van der Waals surface area contributed by atoms with Crippen molar-refractivity contribution in [2.75, 3.05) is 12.4 Å². The standard InChI is InChI=1S/C26H25BrN4O2/c1-16(2)22-15-19(27)8-13-23(22)28-26(32)24-29-25(18-7-5-6-17(3)14-18)31(30-24)20-9-11-21(33-4)12-10-20/h5-16H,1-4H3,(H,28,32). The van der Waals surface area contributed by atoms with Gasteiger partial charge in [0.25, 0.3) is 5.91 Å². The second-order valence-corrected chi connectivity index (χ2v) is 8.99. The van der Waals surface area contributed by atoms with Crippen LogP contribution >= 0.6 is 15.9 Å². The van der Waals surface area contributed by atoms with Gasteiger partial charge in [-0.15, -0.1) is 5.10 Å². The quantitative estimate of drug-likeness (QED) is 0.330. The molecule has 0 aliphatic rings. The third-order valence-corrected chi connectivity index (χ3v) is 5.78. The van der Waals surface area contributed by atoms with E-state index in [4.69, 9.17) is 4.74 Å². The minimum absolute atomic E-state index is 0.0972. The smallest absolute Gasteiger partial charge is 0.295 e. The van der Waals surface area contributed by atoms with Crippen LogP contribution in [0.4, 0.5) is 5.69 Å². The minimum atomic E-state index is -0.361. The molecule has 1 heterocycles. The molecule has 3 aromatic carbocycles. The van der Waals surface area contributed by atoms with Crippen LogP contribution in [0.15, 0.2) is 71.2 Å². The number of aromatic nitrogens is 3. The number of ether oxygens (including phenoxy) is 1. The molecular weight excluding hydrogens is 480 g/mol. The summed E-state index contributed by atoms with van der Waals surface area (Å²) in [4.78, 5) is 17.8. The number of amides is 1. The number of aryl methyl sites for hydroxylation is 1. The lowest BCUT2D eigenvalue weighted by Crippen LogP contribution is -2.16. The number of hydrogen-bond donors (Lipinski definition) is 1. The van der Waals surface area contributed by atoms with Crippen molar-refractivity contribution in [1.29, 1.82) is 0 Å². The lowest BCUT2D eigenvalue weighted by Gasteiger charge is -2.13. The molecule has 0 saturated heterocycles. The number of methoxy groups -OCH3 is 1. The number of hydrogen-bond acceptors (Lipinski definition) is 4. The van der Waals surface area contributed by atoms with Gasteiger partial charge >= 0.3 is 0 Å². The Morgan fingerprint density at radius 1 is 1.06 bits per heavy atom. The Bertz CT molecular complexity index is 1300. The van der Waals surface area contributed by atoms with E-state index < -0.39 is 0 Å². The number of nitrogens with zero attached hydrogens (tertiary/aromatic N) is 3. The zero-order valence-corrected chi connectivity index (χ0v) is 20.6. The first kappa shape index (κ1) is 22.7. The first-order chi connectivity index (χ1) is 15.9. The van der Waals surface area contributed by atoms with Gasteiger partial charge in [0.05, 0.1) is 12.8 Å². The number of rotatable bonds is 6. The highest BCUT2D eigenvalue weighted by atomic mass is 79.9. The molecule has 168 valence electrons. The Morgan fingerprint density at radius 2 is 1.82 bits per heavy atom. The van der Waals surface area contributed by atoms with E-state index in [1.165, 1.54) is 0 Å². The van der Waals surface area contributed by atoms with Gasteiger partial charge < -0.3 is 10.1 Å². The molecule has 6 nitrogen and oxygen atoms in total. The molecule has 0 aliphatic heterocycles. The van der Waals surface area contributed by atoms with E-state index in [0.29, 0.717) is 5.82 Å². The summed E-state index contributed by atoms with van der Waals surface area (Å²) >= 11 is 3.51. The maximum atomic E-state index is 13.2. The maximum Gasteiger partial charge on any atom is 0.295 e. The van der Waals surface area contributed by atoms with Crippen molar-refractivity contribution < 1.29 is 9.53 Å². The first-order valence-electron chi connectivity index (χ1n) is 10.6. The van der Waals surface area contributed by atoms with Gasteiger partial charge in [0.1, 0.15) is 5.75 Å². The number of halogens is 1. The van der Waals surface area contributed by atoms with Crippen molar-refractivity contribution in [3.63, 3.8) is 0 Å². The fourth-order valence-corrected chi connectivity index (χ4v) is 3.96. The van der Waals surface area contributed by atoms with Gasteiger partial charge in [0, 0.05) is 15.7 Å². The van der Waals surface area contributed by atoms with Crippen LogP contribution in [0, 0.1) is 6.92 Å². The maximum absolute atomic E-state index is 13.2. The Labute approximate surface area is 201 Å². The molecule has 0 bridgehead atoms. The first-order valence-corrected chi connectivity index (χ1v) is 11.4. The molecule has 0 radical (unpaired) electrons. The van der Waals surface area contributed by atoms with Gasteiger partial charge in [-0.2, -0.15) is 0 Å². The molecule has 1 amide bonds. The molecule has 4 aromatic rings. The van der Waals surface area contributed by atoms with E-state index >= 15 is 0 Å². The predicted molar refractivity (Wildman–Crippen MR) is 134 cm³/mol. The van der Waals surface area contributed by atoms with Crippen molar-refractivity contribution >= 4 is 27.5 Å². The summed E-state index contributed by atoms with van der Waals surface area (Å²) in [5.74, 6) is 1.31. The monoisotopic (exact) mass is 504 g/mol. The van der Waals surface area contributed by atoms with E-state index in [2.05, 4.69) is 45.2 Å². The topological polar surface area (TPSA) is 69.0 Å². The second-order valence-electron chi connectivity index (χ2n) is 8.08. The SMILES string of the molecule is COc1ccc(-n2nc(C(=O)Nc3ccc(Br)cc3C(C)C)nc2-c2cccc(C)c2)cc1. The molecule has 0 aliphatic carbocycles. The van der Waals surface area contributed by atoms with Gasteiger partial charge in [-0.1, -0.05) is 53.5 Å². The summed E-state index contributed by atoms with van der Waals surface area (Å²) in [6, 6.07) is 21.3. The van der Waals surface area contributed by atoms with E-state index in [-0.39, 0.29) is 17.6 Å². The molecule has 4 rings (SSSR count). The molecule has 1 N–H and O–H groups in total. The summed E-state index contributed by atoms with van der Waals surface area (Å²) in [7, 11) is 1.62. The molecular formula is C26H25BrN4O2. The number of carbonyl (C=O) groups excluding carboxylic acids is 1. The highest BCUT2D eigenvalue weighted by Gasteiger charge is 2.20. The third-order valence-electron chi connectivity index (χ3n) is 5.29. The summed E-state index contributed by atoms with van der Waals surface area (Å²) in [5.41, 5.74) is 4.54. The molecule has 33 heavy (non-hydrogen) atoms. The Morgan fingerprint density at radius 3 is 2.48 bits per heavy atom.